The molecule has 5 heteroatoms. The Bertz CT molecular complexity index is 631. The van der Waals surface area contributed by atoms with Gasteiger partial charge in [0, 0.05) is 18.0 Å². The van der Waals surface area contributed by atoms with Crippen LogP contribution in [0, 0.1) is 5.92 Å². The third kappa shape index (κ3) is 7.53. The zero-order valence-corrected chi connectivity index (χ0v) is 16.7. The number of rotatable bonds is 9. The van der Waals surface area contributed by atoms with Gasteiger partial charge >= 0.3 is 0 Å². The van der Waals surface area contributed by atoms with Crippen LogP contribution < -0.4 is 10.7 Å². The lowest BCUT2D eigenvalue weighted by Gasteiger charge is -2.20. The Morgan fingerprint density at radius 1 is 1.04 bits per heavy atom. The molecule has 0 atom stereocenters. The van der Waals surface area contributed by atoms with E-state index in [2.05, 4.69) is 22.8 Å². The SMILES string of the molecule is CCCCCCC(=O)N/N=C(/C)c1ccc(NC(=O)C2CCCCC2)cc1. The minimum absolute atomic E-state index is 0.0400. The first-order chi connectivity index (χ1) is 13.1. The topological polar surface area (TPSA) is 70.6 Å². The molecule has 2 amide bonds. The van der Waals surface area contributed by atoms with Crippen molar-refractivity contribution >= 4 is 23.2 Å². The smallest absolute Gasteiger partial charge is 0.240 e. The summed E-state index contributed by atoms with van der Waals surface area (Å²) in [5, 5.41) is 7.20. The number of hydrogen-bond acceptors (Lipinski definition) is 3. The van der Waals surface area contributed by atoms with Gasteiger partial charge in [-0.2, -0.15) is 5.10 Å². The van der Waals surface area contributed by atoms with E-state index in [1.807, 2.05) is 31.2 Å². The van der Waals surface area contributed by atoms with Crippen molar-refractivity contribution < 1.29 is 9.59 Å². The highest BCUT2D eigenvalue weighted by atomic mass is 16.2. The molecule has 0 bridgehead atoms. The molecule has 27 heavy (non-hydrogen) atoms. The number of hydrazone groups is 1. The average Bonchev–Trinajstić information content (AvgIpc) is 2.70. The molecule has 148 valence electrons. The van der Waals surface area contributed by atoms with E-state index in [1.165, 1.54) is 12.8 Å². The number of nitrogens with one attached hydrogen (secondary N) is 2. The second kappa shape index (κ2) is 11.5. The van der Waals surface area contributed by atoms with Crippen molar-refractivity contribution in [3.8, 4) is 0 Å². The van der Waals surface area contributed by atoms with E-state index < -0.39 is 0 Å². The number of nitrogens with zero attached hydrogens (tertiary/aromatic N) is 1. The van der Waals surface area contributed by atoms with Gasteiger partial charge in [0.05, 0.1) is 5.71 Å². The third-order valence-corrected chi connectivity index (χ3v) is 5.15. The number of carbonyl (C=O) groups is 2. The lowest BCUT2D eigenvalue weighted by Crippen LogP contribution is -2.24. The molecule has 1 aromatic carbocycles. The Hall–Kier alpha value is -2.17. The van der Waals surface area contributed by atoms with Crippen LogP contribution >= 0.6 is 0 Å². The fraction of sp³-hybridized carbons (Fsp3) is 0.591. The van der Waals surface area contributed by atoms with Crippen molar-refractivity contribution in [2.24, 2.45) is 11.0 Å². The highest BCUT2D eigenvalue weighted by molar-refractivity contribution is 6.00. The number of unbranched alkanes of at least 4 members (excludes halogenated alkanes) is 3. The van der Waals surface area contributed by atoms with Gasteiger partial charge < -0.3 is 5.32 Å². The molecule has 1 fully saturated rings. The fourth-order valence-corrected chi connectivity index (χ4v) is 3.38. The summed E-state index contributed by atoms with van der Waals surface area (Å²) in [5.74, 6) is 0.235. The molecular weight excluding hydrogens is 338 g/mol. The van der Waals surface area contributed by atoms with Crippen LogP contribution in [0.15, 0.2) is 29.4 Å². The van der Waals surface area contributed by atoms with E-state index >= 15 is 0 Å². The van der Waals surface area contributed by atoms with E-state index in [1.54, 1.807) is 0 Å². The molecule has 2 rings (SSSR count). The van der Waals surface area contributed by atoms with E-state index in [-0.39, 0.29) is 17.7 Å². The minimum Gasteiger partial charge on any atom is -0.326 e. The van der Waals surface area contributed by atoms with Gasteiger partial charge in [-0.3, -0.25) is 9.59 Å². The van der Waals surface area contributed by atoms with Crippen LogP contribution in [0.5, 0.6) is 0 Å². The maximum absolute atomic E-state index is 12.3. The van der Waals surface area contributed by atoms with E-state index in [0.29, 0.717) is 6.42 Å². The van der Waals surface area contributed by atoms with Crippen LogP contribution in [0.3, 0.4) is 0 Å². The van der Waals surface area contributed by atoms with Crippen molar-refractivity contribution in [2.45, 2.75) is 78.1 Å². The molecule has 1 saturated carbocycles. The molecule has 0 saturated heterocycles. The van der Waals surface area contributed by atoms with Gasteiger partial charge in [0.25, 0.3) is 0 Å². The van der Waals surface area contributed by atoms with Gasteiger partial charge in [0.2, 0.25) is 11.8 Å². The summed E-state index contributed by atoms with van der Waals surface area (Å²) in [6.45, 7) is 4.02. The molecule has 0 spiro atoms. The predicted octanol–water partition coefficient (Wildman–Crippen LogP) is 5.02. The summed E-state index contributed by atoms with van der Waals surface area (Å²) in [7, 11) is 0. The van der Waals surface area contributed by atoms with Crippen molar-refractivity contribution in [1.82, 2.24) is 5.43 Å². The maximum Gasteiger partial charge on any atom is 0.240 e. The van der Waals surface area contributed by atoms with Crippen LogP contribution in [0.4, 0.5) is 5.69 Å². The molecular formula is C22H33N3O2. The molecule has 5 nitrogen and oxygen atoms in total. The van der Waals surface area contributed by atoms with Crippen LogP contribution in [0.2, 0.25) is 0 Å². The first kappa shape index (κ1) is 21.1. The number of amides is 2. The monoisotopic (exact) mass is 371 g/mol. The number of benzene rings is 1. The first-order valence-corrected chi connectivity index (χ1v) is 10.3. The Balaban J connectivity index is 1.80. The van der Waals surface area contributed by atoms with Gasteiger partial charge in [-0.05, 0) is 43.9 Å². The zero-order valence-electron chi connectivity index (χ0n) is 16.7. The van der Waals surface area contributed by atoms with Crippen LogP contribution in [-0.4, -0.2) is 17.5 Å². The Kier molecular flexibility index (Phi) is 9.02. The molecule has 1 aromatic rings. The molecule has 0 radical (unpaired) electrons. The highest BCUT2D eigenvalue weighted by Crippen LogP contribution is 2.25. The normalized spacial score (nSPS) is 15.4. The summed E-state index contributed by atoms with van der Waals surface area (Å²) in [4.78, 5) is 24.1. The van der Waals surface area contributed by atoms with Crippen molar-refractivity contribution in [3.63, 3.8) is 0 Å². The second-order valence-electron chi connectivity index (χ2n) is 7.44. The van der Waals surface area contributed by atoms with Crippen LogP contribution in [0.25, 0.3) is 0 Å². The van der Waals surface area contributed by atoms with Gasteiger partial charge in [-0.25, -0.2) is 5.43 Å². The molecule has 0 heterocycles. The summed E-state index contributed by atoms with van der Waals surface area (Å²) in [6, 6.07) is 7.62. The number of carbonyl (C=O) groups excluding carboxylic acids is 2. The molecule has 0 aliphatic heterocycles. The standard InChI is InChI=1S/C22H33N3O2/c1-3-4-5-9-12-21(26)25-24-17(2)18-13-15-20(16-14-18)23-22(27)19-10-7-6-8-11-19/h13-16,19H,3-12H2,1-2H3,(H,23,27)(H,25,26)/b24-17-. The lowest BCUT2D eigenvalue weighted by atomic mass is 9.88. The van der Waals surface area contributed by atoms with Gasteiger partial charge in [-0.1, -0.05) is 57.6 Å². The van der Waals surface area contributed by atoms with Crippen molar-refractivity contribution in [3.05, 3.63) is 29.8 Å². The van der Waals surface area contributed by atoms with Gasteiger partial charge in [0.1, 0.15) is 0 Å². The maximum atomic E-state index is 12.3. The summed E-state index contributed by atoms with van der Waals surface area (Å²) in [5.41, 5.74) is 5.11. The van der Waals surface area contributed by atoms with Crippen molar-refractivity contribution in [1.29, 1.82) is 0 Å². The Morgan fingerprint density at radius 2 is 1.74 bits per heavy atom. The Morgan fingerprint density at radius 3 is 2.41 bits per heavy atom. The third-order valence-electron chi connectivity index (χ3n) is 5.15. The van der Waals surface area contributed by atoms with Crippen LogP contribution in [0.1, 0.15) is 83.6 Å². The molecule has 0 unspecified atom stereocenters. The highest BCUT2D eigenvalue weighted by Gasteiger charge is 2.20. The molecule has 0 aromatic heterocycles. The largest absolute Gasteiger partial charge is 0.326 e. The van der Waals surface area contributed by atoms with E-state index in [0.717, 1.165) is 61.9 Å². The number of anilines is 1. The summed E-state index contributed by atoms with van der Waals surface area (Å²) in [6.07, 6.45) is 10.4. The van der Waals surface area contributed by atoms with Gasteiger partial charge in [0.15, 0.2) is 0 Å². The van der Waals surface area contributed by atoms with E-state index in [9.17, 15) is 9.59 Å². The first-order valence-electron chi connectivity index (χ1n) is 10.3. The zero-order chi connectivity index (χ0) is 19.5. The number of hydrogen-bond donors (Lipinski definition) is 2. The average molecular weight is 372 g/mol. The molecule has 1 aliphatic carbocycles. The van der Waals surface area contributed by atoms with Crippen molar-refractivity contribution in [2.75, 3.05) is 5.32 Å². The predicted molar refractivity (Wildman–Crippen MR) is 111 cm³/mol. The second-order valence-corrected chi connectivity index (χ2v) is 7.44. The van der Waals surface area contributed by atoms with E-state index in [4.69, 9.17) is 0 Å². The minimum atomic E-state index is -0.0400. The fourth-order valence-electron chi connectivity index (χ4n) is 3.38. The summed E-state index contributed by atoms with van der Waals surface area (Å²) >= 11 is 0. The summed E-state index contributed by atoms with van der Waals surface area (Å²) < 4.78 is 0. The quantitative estimate of drug-likeness (QED) is 0.364. The van der Waals surface area contributed by atoms with Crippen LogP contribution in [-0.2, 0) is 9.59 Å². The Labute approximate surface area is 163 Å². The molecule has 1 aliphatic rings. The van der Waals surface area contributed by atoms with Gasteiger partial charge in [-0.15, -0.1) is 0 Å². The lowest BCUT2D eigenvalue weighted by molar-refractivity contribution is -0.121. The molecule has 2 N–H and O–H groups in total.